The van der Waals surface area contributed by atoms with E-state index in [1.165, 1.54) is 0 Å². The predicted octanol–water partition coefficient (Wildman–Crippen LogP) is 1.88. The summed E-state index contributed by atoms with van der Waals surface area (Å²) in [7, 11) is -3.76. The average molecular weight is 346 g/mol. The van der Waals surface area contributed by atoms with Gasteiger partial charge in [-0.05, 0) is 31.1 Å². The van der Waals surface area contributed by atoms with Gasteiger partial charge in [0.25, 0.3) is 10.1 Å². The van der Waals surface area contributed by atoms with E-state index in [-0.39, 0.29) is 23.6 Å². The van der Waals surface area contributed by atoms with Gasteiger partial charge >= 0.3 is 0 Å². The lowest BCUT2D eigenvalue weighted by Gasteiger charge is -2.35. The molecule has 2 atom stereocenters. The van der Waals surface area contributed by atoms with Crippen molar-refractivity contribution in [1.29, 1.82) is 0 Å². The molecule has 0 aromatic heterocycles. The van der Waals surface area contributed by atoms with Gasteiger partial charge in [0.1, 0.15) is 5.78 Å². The molecule has 0 aromatic carbocycles. The van der Waals surface area contributed by atoms with Gasteiger partial charge in [-0.15, -0.1) is 0 Å². The molecule has 3 fully saturated rings. The van der Waals surface area contributed by atoms with Crippen LogP contribution in [0.1, 0.15) is 46.5 Å². The van der Waals surface area contributed by atoms with Crippen LogP contribution in [-0.4, -0.2) is 45.6 Å². The molecule has 2 aliphatic carbocycles. The second-order valence-electron chi connectivity index (χ2n) is 7.77. The molecule has 23 heavy (non-hydrogen) atoms. The van der Waals surface area contributed by atoms with Crippen LogP contribution in [0.25, 0.3) is 0 Å². The first kappa shape index (κ1) is 17.3. The zero-order valence-electron chi connectivity index (χ0n) is 14.1. The fraction of sp³-hybridized carbons (Fsp3) is 0.938. The summed E-state index contributed by atoms with van der Waals surface area (Å²) >= 11 is 0. The molecule has 3 aliphatic rings. The summed E-state index contributed by atoms with van der Waals surface area (Å²) < 4.78 is 40.9. The quantitative estimate of drug-likeness (QED) is 0.683. The van der Waals surface area contributed by atoms with Gasteiger partial charge in [-0.1, -0.05) is 13.8 Å². The summed E-state index contributed by atoms with van der Waals surface area (Å²) in [4.78, 5) is 12.4. The van der Waals surface area contributed by atoms with E-state index in [9.17, 15) is 13.2 Å². The van der Waals surface area contributed by atoms with Crippen LogP contribution in [0.15, 0.2) is 0 Å². The van der Waals surface area contributed by atoms with Crippen molar-refractivity contribution < 1.29 is 26.9 Å². The van der Waals surface area contributed by atoms with Gasteiger partial charge < -0.3 is 9.47 Å². The maximum atomic E-state index is 12.4. The number of hydrogen-bond acceptors (Lipinski definition) is 6. The Morgan fingerprint density at radius 2 is 1.87 bits per heavy atom. The van der Waals surface area contributed by atoms with E-state index in [2.05, 4.69) is 0 Å². The van der Waals surface area contributed by atoms with Crippen LogP contribution >= 0.6 is 0 Å². The van der Waals surface area contributed by atoms with E-state index in [0.717, 1.165) is 6.42 Å². The second kappa shape index (κ2) is 5.51. The lowest BCUT2D eigenvalue weighted by Crippen LogP contribution is -2.42. The van der Waals surface area contributed by atoms with Gasteiger partial charge in [-0.2, -0.15) is 8.42 Å². The number of fused-ring (bicyclic) bond motifs is 2. The van der Waals surface area contributed by atoms with E-state index in [1.54, 1.807) is 6.92 Å². The molecule has 1 heterocycles. The topological polar surface area (TPSA) is 78.9 Å². The number of carbonyl (C=O) groups excluding carboxylic acids is 1. The monoisotopic (exact) mass is 346 g/mol. The highest BCUT2D eigenvalue weighted by molar-refractivity contribution is 7.86. The van der Waals surface area contributed by atoms with Crippen LogP contribution in [0.2, 0.25) is 0 Å². The number of ketones is 1. The zero-order chi connectivity index (χ0) is 16.9. The van der Waals surface area contributed by atoms with E-state index in [1.807, 2.05) is 13.8 Å². The Bertz CT molecular complexity index is 590. The molecule has 132 valence electrons. The summed E-state index contributed by atoms with van der Waals surface area (Å²) in [6.07, 6.45) is 2.42. The Morgan fingerprint density at radius 1 is 1.22 bits per heavy atom. The maximum absolute atomic E-state index is 12.4. The van der Waals surface area contributed by atoms with Gasteiger partial charge in [0.2, 0.25) is 0 Å². The Kier molecular flexibility index (Phi) is 4.15. The summed E-state index contributed by atoms with van der Waals surface area (Å²) in [6, 6.07) is 0. The summed E-state index contributed by atoms with van der Waals surface area (Å²) in [5.41, 5.74) is -1.05. The fourth-order valence-electron chi connectivity index (χ4n) is 4.51. The molecule has 0 N–H and O–H groups in total. The standard InChI is InChI=1S/C16H26O6S/c1-14(2)12-4-5-16(14,13(17)10-12)11-23(18,19)22-7-6-15(3)20-8-9-21-15/h12H,4-11H2,1-3H3. The number of carbonyl (C=O) groups is 1. The average Bonchev–Trinajstić information content (AvgIpc) is 3.00. The first-order valence-corrected chi connectivity index (χ1v) is 9.86. The number of ether oxygens (including phenoxy) is 2. The summed E-state index contributed by atoms with van der Waals surface area (Å²) in [5, 5.41) is 0. The van der Waals surface area contributed by atoms with E-state index < -0.39 is 21.3 Å². The van der Waals surface area contributed by atoms with Crippen molar-refractivity contribution in [2.24, 2.45) is 16.7 Å². The third-order valence-corrected chi connectivity index (χ3v) is 7.65. The number of rotatable bonds is 6. The number of Topliss-reactive ketones (excluding diaryl/α,β-unsaturated/α-hetero) is 1. The first-order valence-electron chi connectivity index (χ1n) is 8.29. The zero-order valence-corrected chi connectivity index (χ0v) is 14.9. The molecule has 0 amide bonds. The third-order valence-electron chi connectivity index (χ3n) is 6.28. The van der Waals surface area contributed by atoms with Gasteiger partial charge in [0, 0.05) is 12.8 Å². The first-order chi connectivity index (χ1) is 10.6. The Morgan fingerprint density at radius 3 is 2.39 bits per heavy atom. The fourth-order valence-corrected chi connectivity index (χ4v) is 6.21. The van der Waals surface area contributed by atoms with Crippen LogP contribution in [0.4, 0.5) is 0 Å². The minimum atomic E-state index is -3.76. The van der Waals surface area contributed by atoms with Gasteiger partial charge in [0.05, 0.1) is 31.0 Å². The SMILES string of the molecule is CC1(CCOS(=O)(=O)CC23CCC(CC2=O)C3(C)C)OCCO1. The van der Waals surface area contributed by atoms with Gasteiger partial charge in [-0.3, -0.25) is 8.98 Å². The van der Waals surface area contributed by atoms with E-state index >= 15 is 0 Å². The molecule has 0 radical (unpaired) electrons. The lowest BCUT2D eigenvalue weighted by molar-refractivity contribution is -0.150. The van der Waals surface area contributed by atoms with Crippen LogP contribution in [-0.2, 0) is 28.6 Å². The molecule has 0 spiro atoms. The largest absolute Gasteiger partial charge is 0.348 e. The predicted molar refractivity (Wildman–Crippen MR) is 83.2 cm³/mol. The third kappa shape index (κ3) is 2.86. The lowest BCUT2D eigenvalue weighted by atomic mass is 9.70. The molecule has 1 saturated heterocycles. The van der Waals surface area contributed by atoms with Crippen LogP contribution in [0.5, 0.6) is 0 Å². The molecule has 2 bridgehead atoms. The highest BCUT2D eigenvalue weighted by atomic mass is 32.2. The molecule has 7 heteroatoms. The Balaban J connectivity index is 1.63. The van der Waals surface area contributed by atoms with E-state index in [4.69, 9.17) is 13.7 Å². The Labute approximate surface area is 138 Å². The molecule has 1 aliphatic heterocycles. The number of hydrogen-bond donors (Lipinski definition) is 0. The van der Waals surface area contributed by atoms with Gasteiger partial charge in [-0.25, -0.2) is 0 Å². The van der Waals surface area contributed by atoms with Gasteiger partial charge in [0.15, 0.2) is 5.79 Å². The van der Waals surface area contributed by atoms with Crippen molar-refractivity contribution in [3.63, 3.8) is 0 Å². The molecule has 3 rings (SSSR count). The highest BCUT2D eigenvalue weighted by Crippen LogP contribution is 2.64. The smallest absolute Gasteiger partial charge is 0.268 e. The molecule has 0 aromatic rings. The Hall–Kier alpha value is -0.500. The molecule has 2 unspecified atom stereocenters. The van der Waals surface area contributed by atoms with Crippen LogP contribution in [0, 0.1) is 16.7 Å². The van der Waals surface area contributed by atoms with Crippen molar-refractivity contribution in [3.8, 4) is 0 Å². The highest BCUT2D eigenvalue weighted by Gasteiger charge is 2.65. The van der Waals surface area contributed by atoms with Crippen molar-refractivity contribution >= 4 is 15.9 Å². The van der Waals surface area contributed by atoms with Crippen molar-refractivity contribution in [3.05, 3.63) is 0 Å². The molecule has 2 saturated carbocycles. The maximum Gasteiger partial charge on any atom is 0.268 e. The summed E-state index contributed by atoms with van der Waals surface area (Å²) in [5.74, 6) is -0.597. The minimum absolute atomic E-state index is 0.00691. The van der Waals surface area contributed by atoms with Crippen LogP contribution < -0.4 is 0 Å². The molecular weight excluding hydrogens is 320 g/mol. The van der Waals surface area contributed by atoms with Crippen molar-refractivity contribution in [2.75, 3.05) is 25.6 Å². The van der Waals surface area contributed by atoms with Crippen LogP contribution in [0.3, 0.4) is 0 Å². The normalized spacial score (nSPS) is 35.1. The van der Waals surface area contributed by atoms with Crippen molar-refractivity contribution in [2.45, 2.75) is 52.2 Å². The van der Waals surface area contributed by atoms with E-state index in [0.29, 0.717) is 38.4 Å². The molecular formula is C16H26O6S. The second-order valence-corrected chi connectivity index (χ2v) is 9.41. The minimum Gasteiger partial charge on any atom is -0.348 e. The summed E-state index contributed by atoms with van der Waals surface area (Å²) in [6.45, 7) is 6.85. The van der Waals surface area contributed by atoms with Crippen molar-refractivity contribution in [1.82, 2.24) is 0 Å². The molecule has 6 nitrogen and oxygen atoms in total.